The van der Waals surface area contributed by atoms with Gasteiger partial charge in [-0.1, -0.05) is 0 Å². The number of furan rings is 1. The molecule has 1 unspecified atom stereocenters. The van der Waals surface area contributed by atoms with Crippen LogP contribution in [0, 0.1) is 6.92 Å². The van der Waals surface area contributed by atoms with Crippen LogP contribution in [0.15, 0.2) is 16.7 Å². The van der Waals surface area contributed by atoms with Gasteiger partial charge in [0.1, 0.15) is 5.76 Å². The van der Waals surface area contributed by atoms with Crippen molar-refractivity contribution in [1.82, 2.24) is 5.32 Å². The average molecular weight is 243 g/mol. The summed E-state index contributed by atoms with van der Waals surface area (Å²) in [6.45, 7) is 2.59. The summed E-state index contributed by atoms with van der Waals surface area (Å²) in [6.07, 6.45) is 3.35. The molecule has 0 aromatic carbocycles. The number of hydrogen-bond donors (Lipinski definition) is 1. The summed E-state index contributed by atoms with van der Waals surface area (Å²) < 4.78 is 28.1. The number of sulfone groups is 1. The minimum Gasteiger partial charge on any atom is -0.468 e. The van der Waals surface area contributed by atoms with Gasteiger partial charge < -0.3 is 9.73 Å². The molecule has 0 radical (unpaired) electrons. The molecular formula is C11H17NO3S. The highest BCUT2D eigenvalue weighted by atomic mass is 32.2. The van der Waals surface area contributed by atoms with E-state index in [0.29, 0.717) is 12.3 Å². The van der Waals surface area contributed by atoms with E-state index in [1.165, 1.54) is 0 Å². The Morgan fingerprint density at radius 2 is 2.38 bits per heavy atom. The third kappa shape index (κ3) is 2.86. The first-order chi connectivity index (χ1) is 7.57. The van der Waals surface area contributed by atoms with Crippen LogP contribution in [0.2, 0.25) is 0 Å². The minimum atomic E-state index is -2.83. The zero-order valence-corrected chi connectivity index (χ0v) is 10.2. The maximum absolute atomic E-state index is 11.4. The topological polar surface area (TPSA) is 59.3 Å². The predicted molar refractivity (Wildman–Crippen MR) is 62.0 cm³/mol. The Kier molecular flexibility index (Phi) is 3.35. The van der Waals surface area contributed by atoms with Crippen molar-refractivity contribution in [2.45, 2.75) is 32.4 Å². The lowest BCUT2D eigenvalue weighted by molar-refractivity contribution is 0.431. The van der Waals surface area contributed by atoms with E-state index < -0.39 is 9.84 Å². The van der Waals surface area contributed by atoms with Crippen LogP contribution in [0.5, 0.6) is 0 Å². The van der Waals surface area contributed by atoms with Crippen molar-refractivity contribution in [2.24, 2.45) is 0 Å². The minimum absolute atomic E-state index is 0.0725. The van der Waals surface area contributed by atoms with Crippen molar-refractivity contribution in [3.05, 3.63) is 23.7 Å². The normalized spacial score (nSPS) is 24.4. The first kappa shape index (κ1) is 11.7. The smallest absolute Gasteiger partial charge is 0.151 e. The van der Waals surface area contributed by atoms with Crippen LogP contribution in [0.25, 0.3) is 0 Å². The Balaban J connectivity index is 1.89. The molecule has 1 aromatic heterocycles. The lowest BCUT2D eigenvalue weighted by Crippen LogP contribution is -2.39. The molecule has 90 valence electrons. The van der Waals surface area contributed by atoms with E-state index in [-0.39, 0.29) is 11.8 Å². The summed E-state index contributed by atoms with van der Waals surface area (Å²) in [5, 5.41) is 3.25. The molecule has 1 saturated heterocycles. The van der Waals surface area contributed by atoms with Crippen molar-refractivity contribution < 1.29 is 12.8 Å². The fraction of sp³-hybridized carbons (Fsp3) is 0.636. The number of hydrogen-bond acceptors (Lipinski definition) is 4. The molecule has 2 heterocycles. The van der Waals surface area contributed by atoms with Gasteiger partial charge in [-0.05, 0) is 31.4 Å². The molecular weight excluding hydrogens is 226 g/mol. The van der Waals surface area contributed by atoms with Crippen molar-refractivity contribution in [2.75, 3.05) is 11.5 Å². The van der Waals surface area contributed by atoms with Crippen molar-refractivity contribution in [1.29, 1.82) is 0 Å². The Morgan fingerprint density at radius 1 is 1.56 bits per heavy atom. The largest absolute Gasteiger partial charge is 0.468 e. The summed E-state index contributed by atoms with van der Waals surface area (Å²) in [7, 11) is -2.83. The van der Waals surface area contributed by atoms with Crippen LogP contribution < -0.4 is 5.32 Å². The fourth-order valence-corrected chi connectivity index (χ4v) is 3.68. The van der Waals surface area contributed by atoms with Crippen LogP contribution in [0.4, 0.5) is 0 Å². The molecule has 0 amide bonds. The molecule has 1 fully saturated rings. The van der Waals surface area contributed by atoms with Gasteiger partial charge in [0.2, 0.25) is 0 Å². The lowest BCUT2D eigenvalue weighted by atomic mass is 10.2. The average Bonchev–Trinajstić information content (AvgIpc) is 2.60. The predicted octanol–water partition coefficient (Wildman–Crippen LogP) is 1.25. The molecule has 4 nitrogen and oxygen atoms in total. The molecule has 1 aliphatic heterocycles. The monoisotopic (exact) mass is 243 g/mol. The molecule has 2 rings (SSSR count). The SMILES string of the molecule is Cc1ccoc1CNC1CCCS(=O)(=O)C1. The third-order valence-corrected chi connectivity index (χ3v) is 4.80. The van der Waals surface area contributed by atoms with Crippen LogP contribution in [0.3, 0.4) is 0 Å². The molecule has 1 atom stereocenters. The Hall–Kier alpha value is -0.810. The van der Waals surface area contributed by atoms with Crippen molar-refractivity contribution in [3.63, 3.8) is 0 Å². The molecule has 16 heavy (non-hydrogen) atoms. The molecule has 1 aromatic rings. The second-order valence-corrected chi connectivity index (χ2v) is 6.59. The maximum Gasteiger partial charge on any atom is 0.151 e. The maximum atomic E-state index is 11.4. The Morgan fingerprint density at radius 3 is 3.00 bits per heavy atom. The van der Waals surface area contributed by atoms with Gasteiger partial charge in [-0.25, -0.2) is 8.42 Å². The quantitative estimate of drug-likeness (QED) is 0.868. The van der Waals surface area contributed by atoms with Crippen molar-refractivity contribution in [3.8, 4) is 0 Å². The van der Waals surface area contributed by atoms with Gasteiger partial charge >= 0.3 is 0 Å². The molecule has 1 N–H and O–H groups in total. The second-order valence-electron chi connectivity index (χ2n) is 4.36. The first-order valence-electron chi connectivity index (χ1n) is 5.53. The van der Waals surface area contributed by atoms with E-state index >= 15 is 0 Å². The zero-order valence-electron chi connectivity index (χ0n) is 9.40. The van der Waals surface area contributed by atoms with Gasteiger partial charge in [0, 0.05) is 6.04 Å². The van der Waals surface area contributed by atoms with E-state index in [2.05, 4.69) is 5.32 Å². The highest BCUT2D eigenvalue weighted by Gasteiger charge is 2.24. The van der Waals surface area contributed by atoms with Gasteiger partial charge in [0.25, 0.3) is 0 Å². The standard InChI is InChI=1S/C11H17NO3S/c1-9-4-5-15-11(9)7-12-10-3-2-6-16(13,14)8-10/h4-5,10,12H,2-3,6-8H2,1H3. The van der Waals surface area contributed by atoms with Crippen LogP contribution >= 0.6 is 0 Å². The molecule has 0 spiro atoms. The van der Waals surface area contributed by atoms with Gasteiger partial charge in [-0.15, -0.1) is 0 Å². The van der Waals surface area contributed by atoms with Crippen LogP contribution in [0.1, 0.15) is 24.2 Å². The molecule has 0 aliphatic carbocycles. The van der Waals surface area contributed by atoms with Crippen LogP contribution in [-0.4, -0.2) is 26.0 Å². The Labute approximate surface area is 95.9 Å². The second kappa shape index (κ2) is 4.59. The summed E-state index contributed by atoms with van der Waals surface area (Å²) in [4.78, 5) is 0. The third-order valence-electron chi connectivity index (χ3n) is 2.98. The van der Waals surface area contributed by atoms with Gasteiger partial charge in [-0.2, -0.15) is 0 Å². The molecule has 1 aliphatic rings. The summed E-state index contributed by atoms with van der Waals surface area (Å²) in [6, 6.07) is 1.98. The van der Waals surface area contributed by atoms with Gasteiger partial charge in [0.15, 0.2) is 9.84 Å². The summed E-state index contributed by atoms with van der Waals surface area (Å²) in [5.74, 6) is 1.49. The number of rotatable bonds is 3. The van der Waals surface area contributed by atoms with Gasteiger partial charge in [0.05, 0.1) is 24.3 Å². The zero-order chi connectivity index (χ0) is 11.6. The highest BCUT2D eigenvalue weighted by Crippen LogP contribution is 2.14. The molecule has 5 heteroatoms. The van der Waals surface area contributed by atoms with E-state index in [0.717, 1.165) is 24.2 Å². The van der Waals surface area contributed by atoms with Crippen LogP contribution in [-0.2, 0) is 16.4 Å². The fourth-order valence-electron chi connectivity index (χ4n) is 2.01. The van der Waals surface area contributed by atoms with E-state index in [9.17, 15) is 8.42 Å². The van der Waals surface area contributed by atoms with E-state index in [4.69, 9.17) is 4.42 Å². The van der Waals surface area contributed by atoms with E-state index in [1.807, 2.05) is 13.0 Å². The van der Waals surface area contributed by atoms with E-state index in [1.54, 1.807) is 6.26 Å². The summed E-state index contributed by atoms with van der Waals surface area (Å²) >= 11 is 0. The summed E-state index contributed by atoms with van der Waals surface area (Å²) in [5.41, 5.74) is 1.10. The lowest BCUT2D eigenvalue weighted by Gasteiger charge is -2.22. The number of aryl methyl sites for hydroxylation is 1. The highest BCUT2D eigenvalue weighted by molar-refractivity contribution is 7.91. The Bertz CT molecular complexity index is 450. The number of nitrogens with one attached hydrogen (secondary N) is 1. The molecule has 0 bridgehead atoms. The molecule has 0 saturated carbocycles. The van der Waals surface area contributed by atoms with Crippen molar-refractivity contribution >= 4 is 9.84 Å². The van der Waals surface area contributed by atoms with Gasteiger partial charge in [-0.3, -0.25) is 0 Å². The first-order valence-corrected chi connectivity index (χ1v) is 7.36.